The molecule has 1 unspecified atom stereocenters. The van der Waals surface area contributed by atoms with Crippen LogP contribution < -0.4 is 5.73 Å². The van der Waals surface area contributed by atoms with Gasteiger partial charge in [-0.25, -0.2) is 4.68 Å². The summed E-state index contributed by atoms with van der Waals surface area (Å²) in [6.45, 7) is 6.08. The van der Waals surface area contributed by atoms with Crippen LogP contribution in [0.3, 0.4) is 0 Å². The van der Waals surface area contributed by atoms with E-state index in [0.29, 0.717) is 10.8 Å². The molecule has 2 rings (SSSR count). The van der Waals surface area contributed by atoms with Gasteiger partial charge in [-0.15, -0.1) is 0 Å². The molecule has 1 aromatic carbocycles. The van der Waals surface area contributed by atoms with Crippen LogP contribution in [-0.2, 0) is 6.42 Å². The van der Waals surface area contributed by atoms with E-state index in [2.05, 4.69) is 43.2 Å². The topological polar surface area (TPSA) is 43.8 Å². The number of anilines is 1. The monoisotopic (exact) mass is 263 g/mol. The molecule has 0 amide bonds. The zero-order valence-electron chi connectivity index (χ0n) is 10.9. The van der Waals surface area contributed by atoms with Gasteiger partial charge < -0.3 is 5.73 Å². The lowest BCUT2D eigenvalue weighted by Crippen LogP contribution is -2.11. The summed E-state index contributed by atoms with van der Waals surface area (Å²) >= 11 is 6.07. The fourth-order valence-electron chi connectivity index (χ4n) is 2.01. The highest BCUT2D eigenvalue weighted by molar-refractivity contribution is 6.33. The van der Waals surface area contributed by atoms with Gasteiger partial charge in [0.15, 0.2) is 0 Å². The van der Waals surface area contributed by atoms with Crippen LogP contribution in [0.15, 0.2) is 24.3 Å². The molecule has 2 aromatic rings. The van der Waals surface area contributed by atoms with E-state index in [4.69, 9.17) is 17.3 Å². The molecule has 0 fully saturated rings. The van der Waals surface area contributed by atoms with E-state index in [9.17, 15) is 0 Å². The van der Waals surface area contributed by atoms with Crippen molar-refractivity contribution in [3.63, 3.8) is 0 Å². The van der Waals surface area contributed by atoms with Crippen molar-refractivity contribution in [3.8, 4) is 0 Å². The zero-order valence-corrected chi connectivity index (χ0v) is 11.7. The standard InChI is InChI=1S/C14H18ClN3/c1-4-11-5-7-12(8-6-11)10(3)18-14(16)13(15)9(2)17-18/h5-8,10H,4,16H2,1-3H3. The van der Waals surface area contributed by atoms with Gasteiger partial charge in [-0.05, 0) is 31.4 Å². The largest absolute Gasteiger partial charge is 0.383 e. The number of benzene rings is 1. The molecular weight excluding hydrogens is 246 g/mol. The molecule has 1 aromatic heterocycles. The average Bonchev–Trinajstić information content (AvgIpc) is 2.66. The molecule has 0 radical (unpaired) electrons. The molecule has 0 aliphatic heterocycles. The Morgan fingerprint density at radius 1 is 1.33 bits per heavy atom. The molecule has 96 valence electrons. The first kappa shape index (κ1) is 13.0. The van der Waals surface area contributed by atoms with Crippen LogP contribution in [0.2, 0.25) is 5.02 Å². The molecule has 2 N–H and O–H groups in total. The Labute approximate surface area is 113 Å². The predicted molar refractivity (Wildman–Crippen MR) is 76.0 cm³/mol. The summed E-state index contributed by atoms with van der Waals surface area (Å²) in [5.74, 6) is 0.529. The number of nitrogens with zero attached hydrogens (tertiary/aromatic N) is 2. The molecule has 4 heteroatoms. The van der Waals surface area contributed by atoms with Gasteiger partial charge in [0.05, 0.1) is 11.7 Å². The van der Waals surface area contributed by atoms with Gasteiger partial charge >= 0.3 is 0 Å². The average molecular weight is 264 g/mol. The van der Waals surface area contributed by atoms with Crippen molar-refractivity contribution >= 4 is 17.4 Å². The van der Waals surface area contributed by atoms with Crippen molar-refractivity contribution < 1.29 is 0 Å². The van der Waals surface area contributed by atoms with Crippen LogP contribution in [0.1, 0.15) is 36.7 Å². The lowest BCUT2D eigenvalue weighted by atomic mass is 10.1. The highest BCUT2D eigenvalue weighted by atomic mass is 35.5. The number of nitrogen functional groups attached to an aromatic ring is 1. The fourth-order valence-corrected chi connectivity index (χ4v) is 2.14. The second-order valence-corrected chi connectivity index (χ2v) is 4.88. The second kappa shape index (κ2) is 5.02. The van der Waals surface area contributed by atoms with Crippen LogP contribution in [0.4, 0.5) is 5.82 Å². The molecular formula is C14H18ClN3. The Kier molecular flexibility index (Phi) is 3.62. The number of hydrogen-bond donors (Lipinski definition) is 1. The van der Waals surface area contributed by atoms with E-state index >= 15 is 0 Å². The van der Waals surface area contributed by atoms with E-state index in [-0.39, 0.29) is 6.04 Å². The molecule has 0 saturated heterocycles. The van der Waals surface area contributed by atoms with Gasteiger partial charge in [0, 0.05) is 0 Å². The Balaban J connectivity index is 2.34. The van der Waals surface area contributed by atoms with Crippen LogP contribution >= 0.6 is 11.6 Å². The van der Waals surface area contributed by atoms with Crippen LogP contribution in [0.5, 0.6) is 0 Å². The van der Waals surface area contributed by atoms with Gasteiger partial charge in [-0.2, -0.15) is 5.10 Å². The Hall–Kier alpha value is -1.48. The molecule has 1 heterocycles. The molecule has 0 bridgehead atoms. The number of halogens is 1. The number of rotatable bonds is 3. The third-order valence-electron chi connectivity index (χ3n) is 3.28. The van der Waals surface area contributed by atoms with Gasteiger partial charge in [0.25, 0.3) is 0 Å². The minimum absolute atomic E-state index is 0.0853. The van der Waals surface area contributed by atoms with E-state index < -0.39 is 0 Å². The Morgan fingerprint density at radius 3 is 2.39 bits per heavy atom. The van der Waals surface area contributed by atoms with Crippen molar-refractivity contribution in [2.75, 3.05) is 5.73 Å². The maximum Gasteiger partial charge on any atom is 0.141 e. The minimum atomic E-state index is 0.0853. The molecule has 0 aliphatic rings. The summed E-state index contributed by atoms with van der Waals surface area (Å²) in [6.07, 6.45) is 1.05. The number of nitrogens with two attached hydrogens (primary N) is 1. The van der Waals surface area contributed by atoms with Crippen molar-refractivity contribution in [2.24, 2.45) is 0 Å². The zero-order chi connectivity index (χ0) is 13.3. The molecule has 0 spiro atoms. The van der Waals surface area contributed by atoms with E-state index in [1.54, 1.807) is 4.68 Å². The summed E-state index contributed by atoms with van der Waals surface area (Å²) in [4.78, 5) is 0. The molecule has 0 saturated carbocycles. The first-order valence-corrected chi connectivity index (χ1v) is 6.51. The second-order valence-electron chi connectivity index (χ2n) is 4.50. The molecule has 0 aliphatic carbocycles. The van der Waals surface area contributed by atoms with E-state index in [0.717, 1.165) is 12.1 Å². The number of hydrogen-bond acceptors (Lipinski definition) is 2. The van der Waals surface area contributed by atoms with Crippen molar-refractivity contribution in [1.29, 1.82) is 0 Å². The smallest absolute Gasteiger partial charge is 0.141 e. The summed E-state index contributed by atoms with van der Waals surface area (Å²) in [6, 6.07) is 8.60. The minimum Gasteiger partial charge on any atom is -0.383 e. The highest BCUT2D eigenvalue weighted by Crippen LogP contribution is 2.28. The van der Waals surface area contributed by atoms with Crippen molar-refractivity contribution in [3.05, 3.63) is 46.1 Å². The fraction of sp³-hybridized carbons (Fsp3) is 0.357. The molecule has 3 nitrogen and oxygen atoms in total. The van der Waals surface area contributed by atoms with Crippen LogP contribution in [0, 0.1) is 6.92 Å². The third kappa shape index (κ3) is 2.23. The highest BCUT2D eigenvalue weighted by Gasteiger charge is 2.16. The molecule has 1 atom stereocenters. The molecule has 18 heavy (non-hydrogen) atoms. The summed E-state index contributed by atoms with van der Waals surface area (Å²) in [5, 5.41) is 4.94. The summed E-state index contributed by atoms with van der Waals surface area (Å²) in [5.41, 5.74) is 9.24. The Morgan fingerprint density at radius 2 is 1.94 bits per heavy atom. The SMILES string of the molecule is CCc1ccc(C(C)n2nc(C)c(Cl)c2N)cc1. The maximum absolute atomic E-state index is 6.07. The van der Waals surface area contributed by atoms with Gasteiger partial charge in [-0.3, -0.25) is 0 Å². The third-order valence-corrected chi connectivity index (χ3v) is 3.75. The van der Waals surface area contributed by atoms with E-state index in [1.807, 2.05) is 6.92 Å². The number of aryl methyl sites for hydroxylation is 2. The van der Waals surface area contributed by atoms with E-state index in [1.165, 1.54) is 11.1 Å². The van der Waals surface area contributed by atoms with Crippen LogP contribution in [0.25, 0.3) is 0 Å². The quantitative estimate of drug-likeness (QED) is 0.920. The lowest BCUT2D eigenvalue weighted by molar-refractivity contribution is 0.569. The first-order chi connectivity index (χ1) is 8.54. The van der Waals surface area contributed by atoms with Crippen molar-refractivity contribution in [2.45, 2.75) is 33.2 Å². The maximum atomic E-state index is 6.07. The first-order valence-electron chi connectivity index (χ1n) is 6.13. The normalized spacial score (nSPS) is 12.7. The Bertz CT molecular complexity index is 543. The van der Waals surface area contributed by atoms with Gasteiger partial charge in [-0.1, -0.05) is 42.8 Å². The summed E-state index contributed by atoms with van der Waals surface area (Å²) in [7, 11) is 0. The van der Waals surface area contributed by atoms with Gasteiger partial charge in [0.1, 0.15) is 10.8 Å². The predicted octanol–water partition coefficient (Wildman–Crippen LogP) is 3.60. The van der Waals surface area contributed by atoms with Gasteiger partial charge in [0.2, 0.25) is 0 Å². The van der Waals surface area contributed by atoms with Crippen LogP contribution in [-0.4, -0.2) is 9.78 Å². The summed E-state index contributed by atoms with van der Waals surface area (Å²) < 4.78 is 1.78. The lowest BCUT2D eigenvalue weighted by Gasteiger charge is -2.14. The number of aromatic nitrogens is 2. The van der Waals surface area contributed by atoms with Crippen molar-refractivity contribution in [1.82, 2.24) is 9.78 Å².